The van der Waals surface area contributed by atoms with Crippen LogP contribution in [-0.4, -0.2) is 154 Å². The van der Waals surface area contributed by atoms with E-state index in [0.29, 0.717) is 49.8 Å². The zero-order chi connectivity index (χ0) is 49.9. The van der Waals surface area contributed by atoms with E-state index in [2.05, 4.69) is 45.1 Å². The first kappa shape index (κ1) is 51.5. The van der Waals surface area contributed by atoms with Gasteiger partial charge in [0.05, 0.1) is 42.2 Å². The van der Waals surface area contributed by atoms with Crippen molar-refractivity contribution >= 4 is 45.9 Å². The number of carbonyl (C=O) groups excluding carboxylic acids is 4. The van der Waals surface area contributed by atoms with Crippen molar-refractivity contribution in [3.05, 3.63) is 58.2 Å². The molecule has 0 saturated carbocycles. The molecule has 3 N–H and O–H groups in total. The zero-order valence-corrected chi connectivity index (χ0v) is 41.8. The number of benzene rings is 1. The molecule has 1 aromatic carbocycles. The summed E-state index contributed by atoms with van der Waals surface area (Å²) >= 11 is 1.30. The number of pyridine rings is 1. The molecule has 2 saturated heterocycles. The first-order valence-electron chi connectivity index (χ1n) is 23.5. The lowest BCUT2D eigenvalue weighted by molar-refractivity contribution is -0.176. The Bertz CT molecular complexity index is 2600. The summed E-state index contributed by atoms with van der Waals surface area (Å²) in [5, 5.41) is 18.9. The third kappa shape index (κ3) is 11.3. The zero-order valence-electron chi connectivity index (χ0n) is 41.0. The van der Waals surface area contributed by atoms with Crippen molar-refractivity contribution in [3.63, 3.8) is 0 Å². The number of nitrogens with one attached hydrogen (secondary N) is 2. The molecular weight excluding hydrogens is 909 g/mol. The predicted octanol–water partition coefficient (Wildman–Crippen LogP) is 4.58. The number of aliphatic hydroxyl groups excluding tert-OH is 1. The van der Waals surface area contributed by atoms with E-state index >= 15 is 8.78 Å². The second-order valence-corrected chi connectivity index (χ2v) is 20.7. The lowest BCUT2D eigenvalue weighted by atomic mass is 9.84. The Kier molecular flexibility index (Phi) is 15.9. The van der Waals surface area contributed by atoms with Gasteiger partial charge in [-0.15, -0.1) is 11.3 Å². The highest BCUT2D eigenvalue weighted by atomic mass is 32.1. The summed E-state index contributed by atoms with van der Waals surface area (Å²) in [4.78, 5) is 70.3. The van der Waals surface area contributed by atoms with Gasteiger partial charge in [0.1, 0.15) is 12.3 Å². The number of alkyl halides is 2. The van der Waals surface area contributed by atoms with Crippen LogP contribution in [-0.2, 0) is 54.6 Å². The number of halogens is 2. The fourth-order valence-corrected chi connectivity index (χ4v) is 10.5. The van der Waals surface area contributed by atoms with Crippen molar-refractivity contribution in [2.75, 3.05) is 61.0 Å². The van der Waals surface area contributed by atoms with Gasteiger partial charge in [-0.25, -0.2) is 19.2 Å². The van der Waals surface area contributed by atoms with Crippen LogP contribution >= 0.6 is 11.3 Å². The maximum absolute atomic E-state index is 15.8. The fraction of sp³-hybridized carbons (Fsp3) is 0.560. The van der Waals surface area contributed by atoms with Gasteiger partial charge in [0.25, 0.3) is 17.7 Å². The molecule has 16 nitrogen and oxygen atoms in total. The SMILES string of the molecule is CCn1c(-c2cnccc2COC)c2c3cc(ccc31)-c1csc(n1)C[C@H](NC(=O)[C@H](C(C)C)N(C)C(O)[C@H]1CCN(C(=O)C#CCN(C)C)C1)C(=O)N1CCC(F)(F)[C@H](N1)C(=O)OCC(C)(C)C2. The van der Waals surface area contributed by atoms with Crippen molar-refractivity contribution in [3.8, 4) is 34.4 Å². The van der Waals surface area contributed by atoms with Crippen molar-refractivity contribution in [2.45, 2.75) is 104 Å². The molecule has 3 amide bonds. The number of rotatable bonds is 11. The molecule has 5 atom stereocenters. The molecule has 0 radical (unpaired) electrons. The Morgan fingerprint density at radius 1 is 1.16 bits per heavy atom. The van der Waals surface area contributed by atoms with Crippen LogP contribution in [0.25, 0.3) is 33.4 Å². The van der Waals surface area contributed by atoms with Gasteiger partial charge in [-0.05, 0) is 82.1 Å². The lowest BCUT2D eigenvalue weighted by Crippen LogP contribution is -2.67. The molecule has 1 unspecified atom stereocenters. The second kappa shape index (κ2) is 21.3. The highest BCUT2D eigenvalue weighted by molar-refractivity contribution is 7.10. The fourth-order valence-electron chi connectivity index (χ4n) is 9.69. The van der Waals surface area contributed by atoms with Crippen LogP contribution in [0.5, 0.6) is 0 Å². The number of esters is 1. The average molecular weight is 974 g/mol. The number of methoxy groups -OCH3 is 1. The van der Waals surface area contributed by atoms with Gasteiger partial charge in [-0.2, -0.15) is 0 Å². The van der Waals surface area contributed by atoms with E-state index in [1.165, 1.54) is 11.3 Å². The third-order valence-electron chi connectivity index (χ3n) is 13.2. The standard InChI is InChI=1S/C50H65F2N9O7S/c1-10-60-39-14-13-31-22-34(39)35(43(60)36-25-53-18-15-33(36)27-67-9)24-49(4,5)29-68-48(66)44-50(51,52)17-21-61(56-44)47(65)37(23-40-54-38(31)28-69-40)55-45(63)42(30(2)3)58(8)46(64)32-16-20-59(26-32)41(62)12-11-19-57(6)7/h13-15,18,22,25,28,30,32,37,42,44,46,56,64H,10,16-17,19-21,23-24,26-27,29H2,1-9H3,(H,55,63)/t32-,37-,42-,44+,46?/m0/s1. The molecule has 6 bridgehead atoms. The smallest absolute Gasteiger partial charge is 0.331 e. The minimum absolute atomic E-state index is 0.105. The topological polar surface area (TPSA) is 175 Å². The van der Waals surface area contributed by atoms with E-state index in [9.17, 15) is 24.3 Å². The third-order valence-corrected chi connectivity index (χ3v) is 14.1. The van der Waals surface area contributed by atoms with E-state index in [1.807, 2.05) is 76.5 Å². The number of ether oxygens (including phenoxy) is 2. The maximum atomic E-state index is 15.8. The van der Waals surface area contributed by atoms with Crippen LogP contribution in [0.4, 0.5) is 8.78 Å². The Hall–Kier alpha value is -5.36. The van der Waals surface area contributed by atoms with Gasteiger partial charge < -0.3 is 29.4 Å². The molecule has 0 spiro atoms. The number of aromatic nitrogens is 3. The summed E-state index contributed by atoms with van der Waals surface area (Å²) in [6, 6.07) is 3.57. The molecule has 4 aromatic rings. The van der Waals surface area contributed by atoms with Gasteiger partial charge >= 0.3 is 5.97 Å². The number of likely N-dealkylation sites (tertiary alicyclic amines) is 1. The molecule has 0 aliphatic carbocycles. The largest absolute Gasteiger partial charge is 0.464 e. The number of likely N-dealkylation sites (N-methyl/N-ethyl adjacent to an activating group) is 1. The molecule has 3 aliphatic heterocycles. The number of hydrazine groups is 1. The summed E-state index contributed by atoms with van der Waals surface area (Å²) in [6.07, 6.45) is 2.33. The number of hydrogen-bond acceptors (Lipinski definition) is 13. The number of fused-ring (bicyclic) bond motifs is 6. The Morgan fingerprint density at radius 2 is 1.93 bits per heavy atom. The van der Waals surface area contributed by atoms with E-state index in [-0.39, 0.29) is 37.3 Å². The molecule has 19 heteroatoms. The minimum Gasteiger partial charge on any atom is -0.464 e. The first-order valence-corrected chi connectivity index (χ1v) is 24.4. The van der Waals surface area contributed by atoms with Gasteiger partial charge in [-0.1, -0.05) is 39.7 Å². The van der Waals surface area contributed by atoms with Crippen LogP contribution in [0.1, 0.15) is 63.6 Å². The molecule has 6 heterocycles. The normalized spacial score (nSPS) is 21.5. The molecule has 372 valence electrons. The summed E-state index contributed by atoms with van der Waals surface area (Å²) in [7, 11) is 6.97. The predicted molar refractivity (Wildman–Crippen MR) is 258 cm³/mol. The number of aliphatic hydroxyl groups is 1. The van der Waals surface area contributed by atoms with Crippen molar-refractivity contribution in [1.29, 1.82) is 0 Å². The van der Waals surface area contributed by atoms with Crippen molar-refractivity contribution < 1.29 is 42.5 Å². The number of amides is 3. The number of nitrogens with zero attached hydrogens (tertiary/aromatic N) is 7. The second-order valence-electron chi connectivity index (χ2n) is 19.8. The molecule has 3 aliphatic rings. The van der Waals surface area contributed by atoms with E-state index in [0.717, 1.165) is 43.9 Å². The first-order chi connectivity index (χ1) is 32.7. The highest BCUT2D eigenvalue weighted by Crippen LogP contribution is 2.41. The number of thiazole rings is 1. The highest BCUT2D eigenvalue weighted by Gasteiger charge is 2.51. The van der Waals surface area contributed by atoms with Gasteiger partial charge in [0.15, 0.2) is 6.04 Å². The van der Waals surface area contributed by atoms with Crippen LogP contribution in [0.2, 0.25) is 0 Å². The summed E-state index contributed by atoms with van der Waals surface area (Å²) in [6.45, 7) is 10.9. The van der Waals surface area contributed by atoms with Crippen molar-refractivity contribution in [2.24, 2.45) is 17.3 Å². The lowest BCUT2D eigenvalue weighted by Gasteiger charge is -2.40. The van der Waals surface area contributed by atoms with E-state index in [1.54, 1.807) is 30.2 Å². The van der Waals surface area contributed by atoms with Crippen LogP contribution in [0.15, 0.2) is 42.0 Å². The number of cyclic esters (lactones) is 1. The van der Waals surface area contributed by atoms with E-state index < -0.39 is 66.4 Å². The average Bonchev–Trinajstić information content (AvgIpc) is 4.06. The van der Waals surface area contributed by atoms with Gasteiger partial charge in [-0.3, -0.25) is 39.0 Å². The quantitative estimate of drug-likeness (QED) is 0.109. The van der Waals surface area contributed by atoms with Gasteiger partial charge in [0.2, 0.25) is 5.91 Å². The maximum Gasteiger partial charge on any atom is 0.331 e. The molecule has 2 fully saturated rings. The Labute approximate surface area is 406 Å². The molecular formula is C50H65F2N9O7S. The summed E-state index contributed by atoms with van der Waals surface area (Å²) < 4.78 is 45.1. The van der Waals surface area contributed by atoms with Crippen LogP contribution in [0, 0.1) is 29.1 Å². The van der Waals surface area contributed by atoms with Crippen LogP contribution in [0.3, 0.4) is 0 Å². The molecule has 3 aromatic heterocycles. The molecule has 7 rings (SSSR count). The number of hydrogen-bond donors (Lipinski definition) is 3. The molecule has 69 heavy (non-hydrogen) atoms. The Morgan fingerprint density at radius 3 is 2.64 bits per heavy atom. The number of aryl methyl sites for hydroxylation is 1. The summed E-state index contributed by atoms with van der Waals surface area (Å²) in [5.41, 5.74) is 7.82. The summed E-state index contributed by atoms with van der Waals surface area (Å²) in [5.74, 6) is -1.69. The van der Waals surface area contributed by atoms with Gasteiger partial charge in [0, 0.05) is 97.3 Å². The van der Waals surface area contributed by atoms with Crippen molar-refractivity contribution in [1.82, 2.24) is 45.0 Å². The Balaban J connectivity index is 1.24. The number of carbonyl (C=O) groups is 4. The minimum atomic E-state index is -3.57. The monoisotopic (exact) mass is 973 g/mol. The van der Waals surface area contributed by atoms with Crippen LogP contribution < -0.4 is 10.7 Å². The van der Waals surface area contributed by atoms with E-state index in [4.69, 9.17) is 14.5 Å².